The summed E-state index contributed by atoms with van der Waals surface area (Å²) in [5.41, 5.74) is 1.35. The Morgan fingerprint density at radius 3 is 2.68 bits per heavy atom. The van der Waals surface area contributed by atoms with Crippen molar-refractivity contribution in [3.8, 4) is 0 Å². The van der Waals surface area contributed by atoms with Crippen LogP contribution >= 0.6 is 0 Å². The van der Waals surface area contributed by atoms with Crippen molar-refractivity contribution in [1.82, 2.24) is 15.1 Å². The Balaban J connectivity index is 1.64. The summed E-state index contributed by atoms with van der Waals surface area (Å²) in [5, 5.41) is 3.48. The lowest BCUT2D eigenvalue weighted by molar-refractivity contribution is -0.0817. The Bertz CT molecular complexity index is 602. The molecule has 6 nitrogen and oxygen atoms in total. The van der Waals surface area contributed by atoms with E-state index in [9.17, 15) is 0 Å². The topological polar surface area (TPSA) is 49.3 Å². The fourth-order valence-electron chi connectivity index (χ4n) is 3.90. The van der Waals surface area contributed by atoms with Crippen LogP contribution < -0.4 is 5.32 Å². The van der Waals surface area contributed by atoms with Gasteiger partial charge < -0.3 is 24.6 Å². The van der Waals surface area contributed by atoms with E-state index in [1.165, 1.54) is 5.56 Å². The van der Waals surface area contributed by atoms with Crippen LogP contribution in [0.25, 0.3) is 0 Å². The normalized spacial score (nSPS) is 24.6. The van der Waals surface area contributed by atoms with Gasteiger partial charge >= 0.3 is 0 Å². The molecule has 3 unspecified atom stereocenters. The summed E-state index contributed by atoms with van der Waals surface area (Å²) in [5.74, 6) is 0.994. The molecule has 0 bridgehead atoms. The van der Waals surface area contributed by atoms with Crippen molar-refractivity contribution in [3.05, 3.63) is 35.9 Å². The monoisotopic (exact) mass is 388 g/mol. The van der Waals surface area contributed by atoms with Crippen molar-refractivity contribution in [2.24, 2.45) is 4.99 Å². The zero-order chi connectivity index (χ0) is 19.8. The van der Waals surface area contributed by atoms with E-state index in [0.717, 1.165) is 64.6 Å². The van der Waals surface area contributed by atoms with Crippen LogP contribution in [0.15, 0.2) is 35.3 Å². The molecule has 3 rings (SSSR count). The van der Waals surface area contributed by atoms with Gasteiger partial charge in [0.05, 0.1) is 19.3 Å². The molecule has 1 aromatic rings. The van der Waals surface area contributed by atoms with E-state index in [4.69, 9.17) is 14.5 Å². The van der Waals surface area contributed by atoms with Gasteiger partial charge in [-0.15, -0.1) is 0 Å². The lowest BCUT2D eigenvalue weighted by atomic mass is 10.1. The molecule has 2 aliphatic rings. The van der Waals surface area contributed by atoms with Crippen molar-refractivity contribution in [2.45, 2.75) is 44.4 Å². The first-order valence-corrected chi connectivity index (χ1v) is 10.6. The Morgan fingerprint density at radius 1 is 1.21 bits per heavy atom. The SMILES string of the molecule is CCNC(=NCC(Cc1ccccc1)N(C)C)N1CCOC(C2CCCO2)C1. The van der Waals surface area contributed by atoms with Crippen LogP contribution in [-0.2, 0) is 15.9 Å². The van der Waals surface area contributed by atoms with Crippen LogP contribution in [0.5, 0.6) is 0 Å². The number of nitrogens with zero attached hydrogens (tertiary/aromatic N) is 3. The summed E-state index contributed by atoms with van der Waals surface area (Å²) in [7, 11) is 4.27. The molecule has 0 aromatic heterocycles. The van der Waals surface area contributed by atoms with Crippen LogP contribution in [0.1, 0.15) is 25.3 Å². The third-order valence-corrected chi connectivity index (χ3v) is 5.60. The number of ether oxygens (including phenoxy) is 2. The molecule has 156 valence electrons. The molecule has 6 heteroatoms. The van der Waals surface area contributed by atoms with E-state index in [0.29, 0.717) is 6.04 Å². The van der Waals surface area contributed by atoms with Crippen LogP contribution in [0, 0.1) is 0 Å². The van der Waals surface area contributed by atoms with Gasteiger partial charge in [-0.25, -0.2) is 0 Å². The molecule has 1 N–H and O–H groups in total. The highest BCUT2D eigenvalue weighted by Crippen LogP contribution is 2.21. The molecule has 1 aromatic carbocycles. The Kier molecular flexibility index (Phi) is 8.13. The molecule has 2 aliphatic heterocycles. The maximum atomic E-state index is 6.01. The second-order valence-corrected chi connectivity index (χ2v) is 7.91. The van der Waals surface area contributed by atoms with Crippen LogP contribution in [-0.4, -0.2) is 87.5 Å². The molecule has 2 saturated heterocycles. The molecule has 0 spiro atoms. The van der Waals surface area contributed by atoms with Crippen molar-refractivity contribution in [1.29, 1.82) is 0 Å². The van der Waals surface area contributed by atoms with Crippen molar-refractivity contribution < 1.29 is 9.47 Å². The van der Waals surface area contributed by atoms with Gasteiger partial charge in [-0.3, -0.25) is 4.99 Å². The maximum Gasteiger partial charge on any atom is 0.194 e. The second kappa shape index (κ2) is 10.8. The van der Waals surface area contributed by atoms with Gasteiger partial charge in [0.1, 0.15) is 6.10 Å². The van der Waals surface area contributed by atoms with E-state index in [2.05, 4.69) is 66.5 Å². The van der Waals surface area contributed by atoms with E-state index in [1.54, 1.807) is 0 Å². The molecule has 0 amide bonds. The Morgan fingerprint density at radius 2 is 2.00 bits per heavy atom. The van der Waals surface area contributed by atoms with Gasteiger partial charge in [-0.05, 0) is 45.8 Å². The first-order chi connectivity index (χ1) is 13.7. The van der Waals surface area contributed by atoms with E-state index in [1.807, 2.05) is 0 Å². The van der Waals surface area contributed by atoms with Crippen LogP contribution in [0.4, 0.5) is 0 Å². The Hall–Kier alpha value is -1.63. The summed E-state index contributed by atoms with van der Waals surface area (Å²) < 4.78 is 11.9. The minimum atomic E-state index is 0.147. The zero-order valence-electron chi connectivity index (χ0n) is 17.6. The van der Waals surface area contributed by atoms with E-state index < -0.39 is 0 Å². The zero-order valence-corrected chi connectivity index (χ0v) is 17.6. The lowest BCUT2D eigenvalue weighted by Gasteiger charge is -2.37. The predicted octanol–water partition coefficient (Wildman–Crippen LogP) is 2.00. The first kappa shape index (κ1) is 21.1. The highest BCUT2D eigenvalue weighted by molar-refractivity contribution is 5.80. The van der Waals surface area contributed by atoms with Gasteiger partial charge in [0.2, 0.25) is 0 Å². The molecule has 3 atom stereocenters. The number of likely N-dealkylation sites (N-methyl/N-ethyl adjacent to an activating group) is 1. The number of rotatable bonds is 7. The summed E-state index contributed by atoms with van der Waals surface area (Å²) >= 11 is 0. The number of hydrogen-bond acceptors (Lipinski definition) is 4. The third-order valence-electron chi connectivity index (χ3n) is 5.60. The summed E-state index contributed by atoms with van der Waals surface area (Å²) in [6.45, 7) is 7.08. The number of guanidine groups is 1. The van der Waals surface area contributed by atoms with Crippen LogP contribution in [0.3, 0.4) is 0 Å². The number of hydrogen-bond donors (Lipinski definition) is 1. The fraction of sp³-hybridized carbons (Fsp3) is 0.682. The summed E-state index contributed by atoms with van der Waals surface area (Å²) in [6.07, 6.45) is 3.62. The van der Waals surface area contributed by atoms with Gasteiger partial charge in [-0.1, -0.05) is 30.3 Å². The Labute approximate surface area is 169 Å². The molecular formula is C22H36N4O2. The minimum absolute atomic E-state index is 0.147. The van der Waals surface area contributed by atoms with E-state index >= 15 is 0 Å². The standard InChI is InChI=1S/C22H36N4O2/c1-4-23-22(26-12-14-28-21(17-26)20-11-8-13-27-20)24-16-19(25(2)3)15-18-9-6-5-7-10-18/h5-7,9-10,19-21H,4,8,11-17H2,1-3H3,(H,23,24). The minimum Gasteiger partial charge on any atom is -0.375 e. The van der Waals surface area contributed by atoms with Crippen molar-refractivity contribution in [2.75, 3.05) is 53.5 Å². The molecule has 0 aliphatic carbocycles. The van der Waals surface area contributed by atoms with Gasteiger partial charge in [-0.2, -0.15) is 0 Å². The van der Waals surface area contributed by atoms with Gasteiger partial charge in [0.25, 0.3) is 0 Å². The molecule has 0 radical (unpaired) electrons. The number of benzene rings is 1. The average molecular weight is 389 g/mol. The average Bonchev–Trinajstić information content (AvgIpc) is 3.26. The second-order valence-electron chi connectivity index (χ2n) is 7.91. The lowest BCUT2D eigenvalue weighted by Crippen LogP contribution is -2.53. The largest absolute Gasteiger partial charge is 0.375 e. The quantitative estimate of drug-likeness (QED) is 0.572. The summed E-state index contributed by atoms with van der Waals surface area (Å²) in [6, 6.07) is 11.0. The highest BCUT2D eigenvalue weighted by atomic mass is 16.5. The van der Waals surface area contributed by atoms with Crippen molar-refractivity contribution in [3.63, 3.8) is 0 Å². The fourth-order valence-corrected chi connectivity index (χ4v) is 3.90. The smallest absolute Gasteiger partial charge is 0.194 e. The summed E-state index contributed by atoms with van der Waals surface area (Å²) in [4.78, 5) is 9.62. The van der Waals surface area contributed by atoms with Gasteiger partial charge in [0.15, 0.2) is 5.96 Å². The maximum absolute atomic E-state index is 6.01. The molecule has 0 saturated carbocycles. The first-order valence-electron chi connectivity index (χ1n) is 10.6. The number of aliphatic imine (C=N–C) groups is 1. The van der Waals surface area contributed by atoms with Gasteiger partial charge in [0, 0.05) is 32.3 Å². The molecule has 2 heterocycles. The predicted molar refractivity (Wildman–Crippen MR) is 114 cm³/mol. The van der Waals surface area contributed by atoms with Crippen molar-refractivity contribution >= 4 is 5.96 Å². The third kappa shape index (κ3) is 5.93. The number of nitrogens with one attached hydrogen (secondary N) is 1. The number of morpholine rings is 1. The molecule has 2 fully saturated rings. The van der Waals surface area contributed by atoms with Crippen LogP contribution in [0.2, 0.25) is 0 Å². The van der Waals surface area contributed by atoms with E-state index in [-0.39, 0.29) is 12.2 Å². The highest BCUT2D eigenvalue weighted by Gasteiger charge is 2.32. The molecular weight excluding hydrogens is 352 g/mol. The molecule has 28 heavy (non-hydrogen) atoms.